The van der Waals surface area contributed by atoms with E-state index in [4.69, 9.17) is 17.3 Å². The summed E-state index contributed by atoms with van der Waals surface area (Å²) in [7, 11) is -3.73. The summed E-state index contributed by atoms with van der Waals surface area (Å²) in [5.41, 5.74) is 7.78. The van der Waals surface area contributed by atoms with E-state index >= 15 is 0 Å². The lowest BCUT2D eigenvalue weighted by atomic mass is 10.1. The smallest absolute Gasteiger partial charge is 0.266 e. The quantitative estimate of drug-likeness (QED) is 0.864. The molecule has 0 bridgehead atoms. The first-order valence-electron chi connectivity index (χ1n) is 6.58. The van der Waals surface area contributed by atoms with Crippen molar-refractivity contribution in [3.8, 4) is 0 Å². The Bertz CT molecular complexity index is 805. The molecule has 0 fully saturated rings. The van der Waals surface area contributed by atoms with Gasteiger partial charge in [-0.05, 0) is 43.2 Å². The van der Waals surface area contributed by atoms with Crippen LogP contribution >= 0.6 is 11.6 Å². The Hall–Kier alpha value is -1.72. The Morgan fingerprint density at radius 2 is 1.95 bits per heavy atom. The summed E-state index contributed by atoms with van der Waals surface area (Å²) in [5, 5.41) is 0.350. The van der Waals surface area contributed by atoms with E-state index in [1.165, 1.54) is 16.4 Å². The molecule has 4 nitrogen and oxygen atoms in total. The second kappa shape index (κ2) is 4.93. The highest BCUT2D eigenvalue weighted by Crippen LogP contribution is 2.38. The molecular formula is C15H15ClN2O2S. The highest BCUT2D eigenvalue weighted by molar-refractivity contribution is 7.93. The van der Waals surface area contributed by atoms with Crippen molar-refractivity contribution in [3.63, 3.8) is 0 Å². The van der Waals surface area contributed by atoms with Gasteiger partial charge in [-0.25, -0.2) is 8.42 Å². The minimum absolute atomic E-state index is 0.0542. The Morgan fingerprint density at radius 1 is 1.24 bits per heavy atom. The van der Waals surface area contributed by atoms with Crippen LogP contribution in [-0.2, 0) is 16.4 Å². The van der Waals surface area contributed by atoms with E-state index < -0.39 is 10.0 Å². The fourth-order valence-electron chi connectivity index (χ4n) is 2.74. The van der Waals surface area contributed by atoms with Crippen LogP contribution < -0.4 is 10.0 Å². The Morgan fingerprint density at radius 3 is 2.71 bits per heavy atom. The largest absolute Gasteiger partial charge is 0.398 e. The predicted molar refractivity (Wildman–Crippen MR) is 85.1 cm³/mol. The number of anilines is 2. The lowest BCUT2D eigenvalue weighted by Crippen LogP contribution is -2.36. The number of benzene rings is 2. The fourth-order valence-corrected chi connectivity index (χ4v) is 4.82. The number of halogens is 1. The zero-order chi connectivity index (χ0) is 15.2. The van der Waals surface area contributed by atoms with Crippen LogP contribution in [0.15, 0.2) is 47.4 Å². The van der Waals surface area contributed by atoms with Gasteiger partial charge in [0.2, 0.25) is 0 Å². The van der Waals surface area contributed by atoms with Crippen LogP contribution in [0.4, 0.5) is 11.4 Å². The zero-order valence-electron chi connectivity index (χ0n) is 11.5. The summed E-state index contributed by atoms with van der Waals surface area (Å²) in [6.45, 7) is 1.89. The fraction of sp³-hybridized carbons (Fsp3) is 0.200. The van der Waals surface area contributed by atoms with Gasteiger partial charge in [-0.2, -0.15) is 0 Å². The maximum absolute atomic E-state index is 13.0. The molecule has 3 rings (SSSR count). The van der Waals surface area contributed by atoms with E-state index in [2.05, 4.69) is 0 Å². The minimum atomic E-state index is -3.73. The molecule has 21 heavy (non-hydrogen) atoms. The maximum Gasteiger partial charge on any atom is 0.266 e. The first kappa shape index (κ1) is 14.2. The van der Waals surface area contributed by atoms with Crippen LogP contribution in [0.2, 0.25) is 5.02 Å². The molecule has 0 aliphatic carbocycles. The lowest BCUT2D eigenvalue weighted by Gasteiger charge is -2.25. The summed E-state index contributed by atoms with van der Waals surface area (Å²) in [4.78, 5) is 0.0542. The van der Waals surface area contributed by atoms with Crippen molar-refractivity contribution in [2.75, 3.05) is 10.0 Å². The summed E-state index contributed by atoms with van der Waals surface area (Å²) in [6.07, 6.45) is 0.690. The van der Waals surface area contributed by atoms with Gasteiger partial charge >= 0.3 is 0 Å². The number of fused-ring (bicyclic) bond motifs is 1. The third-order valence-electron chi connectivity index (χ3n) is 3.66. The van der Waals surface area contributed by atoms with Gasteiger partial charge in [-0.1, -0.05) is 29.8 Å². The SMILES string of the molecule is CC1Cc2ccccc2N1S(=O)(=O)c1cc(Cl)ccc1N. The standard InChI is InChI=1S/C15H15ClN2O2S/c1-10-8-11-4-2-3-5-14(11)18(10)21(19,20)15-9-12(16)6-7-13(15)17/h2-7,9-10H,8,17H2,1H3. The highest BCUT2D eigenvalue weighted by Gasteiger charge is 2.36. The first-order chi connectivity index (χ1) is 9.91. The van der Waals surface area contributed by atoms with E-state index in [1.54, 1.807) is 6.07 Å². The van der Waals surface area contributed by atoms with Gasteiger partial charge in [0.05, 0.1) is 11.4 Å². The highest BCUT2D eigenvalue weighted by atomic mass is 35.5. The molecule has 0 saturated carbocycles. The minimum Gasteiger partial charge on any atom is -0.398 e. The van der Waals surface area contributed by atoms with Crippen molar-refractivity contribution < 1.29 is 8.42 Å². The van der Waals surface area contributed by atoms with Crippen molar-refractivity contribution >= 4 is 33.0 Å². The molecule has 1 atom stereocenters. The third kappa shape index (κ3) is 2.26. The molecule has 0 radical (unpaired) electrons. The molecule has 2 aromatic rings. The van der Waals surface area contributed by atoms with E-state index in [0.717, 1.165) is 5.56 Å². The van der Waals surface area contributed by atoms with Gasteiger partial charge in [-0.3, -0.25) is 4.31 Å². The van der Waals surface area contributed by atoms with Crippen molar-refractivity contribution in [3.05, 3.63) is 53.1 Å². The number of nitrogens with zero attached hydrogens (tertiary/aromatic N) is 1. The van der Waals surface area contributed by atoms with E-state index in [-0.39, 0.29) is 16.6 Å². The van der Waals surface area contributed by atoms with Crippen molar-refractivity contribution in [1.82, 2.24) is 0 Å². The molecule has 2 N–H and O–H groups in total. The average Bonchev–Trinajstić information content (AvgIpc) is 2.77. The number of hydrogen-bond donors (Lipinski definition) is 1. The maximum atomic E-state index is 13.0. The molecule has 2 aromatic carbocycles. The summed E-state index contributed by atoms with van der Waals surface area (Å²) < 4.78 is 27.4. The molecule has 0 aromatic heterocycles. The Labute approximate surface area is 129 Å². The van der Waals surface area contributed by atoms with Gasteiger partial charge in [-0.15, -0.1) is 0 Å². The van der Waals surface area contributed by atoms with E-state index in [0.29, 0.717) is 17.1 Å². The van der Waals surface area contributed by atoms with Crippen molar-refractivity contribution in [2.45, 2.75) is 24.3 Å². The van der Waals surface area contributed by atoms with Gasteiger partial charge in [0, 0.05) is 11.1 Å². The van der Waals surface area contributed by atoms with Crippen LogP contribution in [0.3, 0.4) is 0 Å². The molecule has 1 heterocycles. The van der Waals surface area contributed by atoms with Crippen molar-refractivity contribution in [2.24, 2.45) is 0 Å². The Balaban J connectivity index is 2.17. The number of nitrogen functional groups attached to an aromatic ring is 1. The lowest BCUT2D eigenvalue weighted by molar-refractivity contribution is 0.584. The summed E-state index contributed by atoms with van der Waals surface area (Å²) >= 11 is 5.93. The summed E-state index contributed by atoms with van der Waals surface area (Å²) in [6, 6.07) is 11.9. The average molecular weight is 323 g/mol. The number of para-hydroxylation sites is 1. The van der Waals surface area contributed by atoms with E-state index in [9.17, 15) is 8.42 Å². The first-order valence-corrected chi connectivity index (χ1v) is 8.40. The van der Waals surface area contributed by atoms with Crippen LogP contribution in [0, 0.1) is 0 Å². The molecule has 1 unspecified atom stereocenters. The van der Waals surface area contributed by atoms with Gasteiger partial charge in [0.1, 0.15) is 4.90 Å². The zero-order valence-corrected chi connectivity index (χ0v) is 13.0. The molecular weight excluding hydrogens is 308 g/mol. The number of nitrogens with two attached hydrogens (primary N) is 1. The third-order valence-corrected chi connectivity index (χ3v) is 5.88. The van der Waals surface area contributed by atoms with Gasteiger partial charge < -0.3 is 5.73 Å². The Kier molecular flexibility index (Phi) is 3.34. The number of rotatable bonds is 2. The summed E-state index contributed by atoms with van der Waals surface area (Å²) in [5.74, 6) is 0. The van der Waals surface area contributed by atoms with Gasteiger partial charge in [0.25, 0.3) is 10.0 Å². The van der Waals surface area contributed by atoms with Crippen LogP contribution in [-0.4, -0.2) is 14.5 Å². The number of hydrogen-bond acceptors (Lipinski definition) is 3. The van der Waals surface area contributed by atoms with Crippen LogP contribution in [0.5, 0.6) is 0 Å². The molecule has 0 amide bonds. The normalized spacial score (nSPS) is 17.8. The second-order valence-electron chi connectivity index (χ2n) is 5.16. The van der Waals surface area contributed by atoms with Crippen LogP contribution in [0.1, 0.15) is 12.5 Å². The molecule has 0 spiro atoms. The molecule has 1 aliphatic heterocycles. The van der Waals surface area contributed by atoms with Crippen LogP contribution in [0.25, 0.3) is 0 Å². The molecule has 0 saturated heterocycles. The van der Waals surface area contributed by atoms with Crippen molar-refractivity contribution in [1.29, 1.82) is 0 Å². The molecule has 1 aliphatic rings. The molecule has 110 valence electrons. The predicted octanol–water partition coefficient (Wildman–Crippen LogP) is 3.06. The van der Waals surface area contributed by atoms with Gasteiger partial charge in [0.15, 0.2) is 0 Å². The molecule has 6 heteroatoms. The topological polar surface area (TPSA) is 63.4 Å². The van der Waals surface area contributed by atoms with E-state index in [1.807, 2.05) is 31.2 Å². The number of sulfonamides is 1. The monoisotopic (exact) mass is 322 g/mol. The second-order valence-corrected chi connectivity index (χ2v) is 7.38.